The first-order valence-corrected chi connectivity index (χ1v) is 4.18. The standard InChI is InChI=1S/C7H9NO2.C2H6/c1-6-4-2-3-5-7(6)10-8-9;1-2/h2-7H,1H3;1-2H3. The topological polar surface area (TPSA) is 38.7 Å². The number of nitrogens with zero attached hydrogens (tertiary/aromatic N) is 1. The molecule has 3 nitrogen and oxygen atoms in total. The summed E-state index contributed by atoms with van der Waals surface area (Å²) in [5, 5.41) is 2.37. The minimum absolute atomic E-state index is 0.178. The SMILES string of the molecule is CC.CC1C=CC=CC1ON=O. The molecule has 0 aromatic carbocycles. The zero-order chi connectivity index (χ0) is 9.40. The molecule has 2 unspecified atom stereocenters. The largest absolute Gasteiger partial charge is 0.356 e. The molecule has 0 aromatic heterocycles. The van der Waals surface area contributed by atoms with Gasteiger partial charge < -0.3 is 4.84 Å². The first-order chi connectivity index (χ1) is 5.84. The molecule has 0 radical (unpaired) electrons. The van der Waals surface area contributed by atoms with Gasteiger partial charge in [-0.05, 0) is 6.08 Å². The van der Waals surface area contributed by atoms with Crippen molar-refractivity contribution in [1.29, 1.82) is 0 Å². The first kappa shape index (κ1) is 10.9. The lowest BCUT2D eigenvalue weighted by Crippen LogP contribution is -2.16. The van der Waals surface area contributed by atoms with E-state index in [1.807, 2.05) is 45.1 Å². The molecule has 1 rings (SSSR count). The Morgan fingerprint density at radius 1 is 1.25 bits per heavy atom. The van der Waals surface area contributed by atoms with E-state index in [1.54, 1.807) is 0 Å². The van der Waals surface area contributed by atoms with Crippen LogP contribution in [0.1, 0.15) is 20.8 Å². The van der Waals surface area contributed by atoms with Crippen LogP contribution in [0.5, 0.6) is 0 Å². The van der Waals surface area contributed by atoms with Crippen LogP contribution >= 0.6 is 0 Å². The molecule has 0 N–H and O–H groups in total. The lowest BCUT2D eigenvalue weighted by atomic mass is 10.0. The van der Waals surface area contributed by atoms with Gasteiger partial charge >= 0.3 is 0 Å². The maximum Gasteiger partial charge on any atom is 0.155 e. The van der Waals surface area contributed by atoms with E-state index in [0.717, 1.165) is 0 Å². The highest BCUT2D eigenvalue weighted by atomic mass is 16.7. The molecular formula is C9H15NO2. The average molecular weight is 169 g/mol. The predicted octanol–water partition coefficient (Wildman–Crippen LogP) is 2.84. The molecule has 3 heteroatoms. The predicted molar refractivity (Wildman–Crippen MR) is 49.5 cm³/mol. The Morgan fingerprint density at radius 3 is 2.33 bits per heavy atom. The summed E-state index contributed by atoms with van der Waals surface area (Å²) < 4.78 is 0. The van der Waals surface area contributed by atoms with Crippen LogP contribution in [0.2, 0.25) is 0 Å². The number of hydrogen-bond acceptors (Lipinski definition) is 3. The van der Waals surface area contributed by atoms with E-state index >= 15 is 0 Å². The number of allylic oxidation sites excluding steroid dienone is 2. The third-order valence-electron chi connectivity index (χ3n) is 1.51. The van der Waals surface area contributed by atoms with Gasteiger partial charge in [-0.3, -0.25) is 0 Å². The fraction of sp³-hybridized carbons (Fsp3) is 0.556. The van der Waals surface area contributed by atoms with E-state index in [0.29, 0.717) is 0 Å². The minimum atomic E-state index is -0.178. The molecule has 0 aliphatic heterocycles. The molecule has 1 aliphatic carbocycles. The van der Waals surface area contributed by atoms with E-state index in [1.165, 1.54) is 0 Å². The smallest absolute Gasteiger partial charge is 0.155 e. The monoisotopic (exact) mass is 169 g/mol. The third kappa shape index (κ3) is 3.32. The van der Waals surface area contributed by atoms with E-state index < -0.39 is 0 Å². The van der Waals surface area contributed by atoms with Gasteiger partial charge in [0.2, 0.25) is 0 Å². The average Bonchev–Trinajstić information content (AvgIpc) is 2.13. The van der Waals surface area contributed by atoms with Gasteiger partial charge in [-0.25, -0.2) is 0 Å². The van der Waals surface area contributed by atoms with Gasteiger partial charge in [-0.15, -0.1) is 4.91 Å². The zero-order valence-corrected chi connectivity index (χ0v) is 7.73. The van der Waals surface area contributed by atoms with Crippen molar-refractivity contribution in [1.82, 2.24) is 0 Å². The second-order valence-corrected chi connectivity index (χ2v) is 2.27. The van der Waals surface area contributed by atoms with Gasteiger partial charge in [0.05, 0.1) is 0 Å². The van der Waals surface area contributed by atoms with Crippen molar-refractivity contribution in [2.45, 2.75) is 26.9 Å². The molecular weight excluding hydrogens is 154 g/mol. The van der Waals surface area contributed by atoms with Gasteiger partial charge in [0, 0.05) is 5.92 Å². The Hall–Kier alpha value is -1.12. The molecule has 12 heavy (non-hydrogen) atoms. The van der Waals surface area contributed by atoms with Crippen molar-refractivity contribution in [2.24, 2.45) is 11.3 Å². The first-order valence-electron chi connectivity index (χ1n) is 4.18. The summed E-state index contributed by atoms with van der Waals surface area (Å²) in [4.78, 5) is 14.2. The van der Waals surface area contributed by atoms with Gasteiger partial charge in [0.25, 0.3) is 0 Å². The molecule has 0 heterocycles. The van der Waals surface area contributed by atoms with Crippen LogP contribution in [0.3, 0.4) is 0 Å². The summed E-state index contributed by atoms with van der Waals surface area (Å²) in [6, 6.07) is 0. The van der Waals surface area contributed by atoms with Gasteiger partial charge in [0.1, 0.15) is 0 Å². The summed E-state index contributed by atoms with van der Waals surface area (Å²) in [5.74, 6) is 0.239. The van der Waals surface area contributed by atoms with E-state index in [-0.39, 0.29) is 12.0 Å². The normalized spacial score (nSPS) is 25.6. The van der Waals surface area contributed by atoms with Crippen LogP contribution in [-0.2, 0) is 4.84 Å². The third-order valence-corrected chi connectivity index (χ3v) is 1.51. The van der Waals surface area contributed by atoms with Crippen molar-refractivity contribution >= 4 is 0 Å². The van der Waals surface area contributed by atoms with Gasteiger partial charge in [-0.2, -0.15) is 0 Å². The van der Waals surface area contributed by atoms with Crippen molar-refractivity contribution in [3.05, 3.63) is 29.2 Å². The summed E-state index contributed by atoms with van der Waals surface area (Å²) in [5.41, 5.74) is 0. The fourth-order valence-electron chi connectivity index (χ4n) is 0.879. The zero-order valence-electron chi connectivity index (χ0n) is 7.73. The number of rotatable bonds is 2. The highest BCUT2D eigenvalue weighted by Crippen LogP contribution is 2.14. The van der Waals surface area contributed by atoms with Crippen molar-refractivity contribution in [2.75, 3.05) is 0 Å². The molecule has 0 saturated heterocycles. The Morgan fingerprint density at radius 2 is 1.83 bits per heavy atom. The fourth-order valence-corrected chi connectivity index (χ4v) is 0.879. The molecule has 0 fully saturated rings. The molecule has 68 valence electrons. The Bertz CT molecular complexity index is 175. The van der Waals surface area contributed by atoms with Crippen LogP contribution in [-0.4, -0.2) is 6.10 Å². The maximum absolute atomic E-state index is 9.69. The van der Waals surface area contributed by atoms with Gasteiger partial charge in [-0.1, -0.05) is 39.0 Å². The second-order valence-electron chi connectivity index (χ2n) is 2.27. The second kappa shape index (κ2) is 6.58. The lowest BCUT2D eigenvalue weighted by molar-refractivity contribution is 0.0641. The van der Waals surface area contributed by atoms with Crippen LogP contribution in [0.25, 0.3) is 0 Å². The van der Waals surface area contributed by atoms with Crippen LogP contribution in [0.4, 0.5) is 0 Å². The van der Waals surface area contributed by atoms with Crippen molar-refractivity contribution in [3.8, 4) is 0 Å². The molecule has 0 spiro atoms. The van der Waals surface area contributed by atoms with E-state index in [4.69, 9.17) is 0 Å². The van der Waals surface area contributed by atoms with Crippen LogP contribution in [0, 0.1) is 10.8 Å². The van der Waals surface area contributed by atoms with Gasteiger partial charge in [0.15, 0.2) is 11.4 Å². The molecule has 0 saturated carbocycles. The molecule has 1 aliphatic rings. The molecule has 0 bridgehead atoms. The van der Waals surface area contributed by atoms with Crippen LogP contribution < -0.4 is 0 Å². The highest BCUT2D eigenvalue weighted by Gasteiger charge is 2.14. The van der Waals surface area contributed by atoms with Crippen molar-refractivity contribution < 1.29 is 4.84 Å². The Kier molecular flexibility index (Phi) is 5.97. The Labute approximate surface area is 73.0 Å². The lowest BCUT2D eigenvalue weighted by Gasteiger charge is -2.15. The van der Waals surface area contributed by atoms with E-state index in [2.05, 4.69) is 10.2 Å². The summed E-state index contributed by atoms with van der Waals surface area (Å²) in [6.07, 6.45) is 7.37. The summed E-state index contributed by atoms with van der Waals surface area (Å²) in [7, 11) is 0. The molecule has 0 aromatic rings. The summed E-state index contributed by atoms with van der Waals surface area (Å²) in [6.45, 7) is 5.97. The maximum atomic E-state index is 9.69. The Balaban J connectivity index is 0.000000561. The van der Waals surface area contributed by atoms with Crippen LogP contribution in [0.15, 0.2) is 29.6 Å². The minimum Gasteiger partial charge on any atom is -0.356 e. The highest BCUT2D eigenvalue weighted by molar-refractivity contribution is 5.14. The molecule has 2 atom stereocenters. The van der Waals surface area contributed by atoms with Crippen molar-refractivity contribution in [3.63, 3.8) is 0 Å². The summed E-state index contributed by atoms with van der Waals surface area (Å²) >= 11 is 0. The number of hydrogen-bond donors (Lipinski definition) is 0. The quantitative estimate of drug-likeness (QED) is 0.471. The van der Waals surface area contributed by atoms with E-state index in [9.17, 15) is 4.91 Å². The molecule has 0 amide bonds.